The zero-order chi connectivity index (χ0) is 18.7. The molecule has 0 spiro atoms. The van der Waals surface area contributed by atoms with Crippen molar-refractivity contribution < 1.29 is 19.9 Å². The summed E-state index contributed by atoms with van der Waals surface area (Å²) >= 11 is 0. The first kappa shape index (κ1) is 17.5. The number of amides is 1. The minimum atomic E-state index is -1.25. The number of nitro groups is 1. The molecule has 134 valence electrons. The van der Waals surface area contributed by atoms with Gasteiger partial charge in [-0.3, -0.25) is 14.9 Å². The number of hydrogen-bond donors (Lipinski definition) is 3. The number of nitrogens with zero attached hydrogens (tertiary/aromatic N) is 4. The molecule has 0 bridgehead atoms. The predicted molar refractivity (Wildman–Crippen MR) is 89.4 cm³/mol. The number of carbonyl (C=O) groups is 1. The third-order valence-corrected chi connectivity index (χ3v) is 3.81. The lowest BCUT2D eigenvalue weighted by atomic mass is 10.0. The lowest BCUT2D eigenvalue weighted by molar-refractivity contribution is -0.384. The Labute approximate surface area is 146 Å². The van der Waals surface area contributed by atoms with Crippen molar-refractivity contribution >= 4 is 17.2 Å². The van der Waals surface area contributed by atoms with E-state index in [0.717, 1.165) is 0 Å². The molecule has 0 saturated carbocycles. The predicted octanol–water partition coefficient (Wildman–Crippen LogP) is 0.462. The molecule has 2 heterocycles. The van der Waals surface area contributed by atoms with Gasteiger partial charge in [0.05, 0.1) is 17.6 Å². The number of benzene rings is 1. The second kappa shape index (κ2) is 7.25. The van der Waals surface area contributed by atoms with Crippen LogP contribution in [0.15, 0.2) is 48.8 Å². The van der Waals surface area contributed by atoms with Crippen LogP contribution in [0.3, 0.4) is 0 Å². The van der Waals surface area contributed by atoms with Gasteiger partial charge in [0.1, 0.15) is 6.10 Å². The van der Waals surface area contributed by atoms with Crippen molar-refractivity contribution in [1.29, 1.82) is 0 Å². The number of rotatable bonds is 6. The Morgan fingerprint density at radius 2 is 2.08 bits per heavy atom. The number of carbonyl (C=O) groups excluding carboxylic acids is 1. The maximum absolute atomic E-state index is 12.3. The highest BCUT2D eigenvalue weighted by atomic mass is 16.6. The van der Waals surface area contributed by atoms with Gasteiger partial charge in [-0.05, 0) is 23.8 Å². The van der Waals surface area contributed by atoms with Gasteiger partial charge in [-0.25, -0.2) is 9.50 Å². The van der Waals surface area contributed by atoms with Crippen molar-refractivity contribution in [3.8, 4) is 0 Å². The normalized spacial score (nSPS) is 13.3. The molecule has 10 heteroatoms. The Bertz CT molecular complexity index is 907. The van der Waals surface area contributed by atoms with Crippen LogP contribution in [0, 0.1) is 10.1 Å². The Hall–Kier alpha value is -3.37. The minimum absolute atomic E-state index is 0.0815. The van der Waals surface area contributed by atoms with Gasteiger partial charge in [-0.15, -0.1) is 0 Å². The molecular weight excluding hydrogens is 342 g/mol. The van der Waals surface area contributed by atoms with E-state index in [9.17, 15) is 25.1 Å². The van der Waals surface area contributed by atoms with Gasteiger partial charge in [-0.2, -0.15) is 5.10 Å². The van der Waals surface area contributed by atoms with Crippen molar-refractivity contribution in [3.05, 3.63) is 70.2 Å². The summed E-state index contributed by atoms with van der Waals surface area (Å²) in [7, 11) is 0. The molecular formula is C16H15N5O5. The second-order valence-corrected chi connectivity index (χ2v) is 5.51. The molecule has 2 atom stereocenters. The molecule has 0 saturated heterocycles. The first-order chi connectivity index (χ1) is 12.5. The average Bonchev–Trinajstić information content (AvgIpc) is 3.10. The highest BCUT2D eigenvalue weighted by molar-refractivity contribution is 5.93. The van der Waals surface area contributed by atoms with E-state index in [1.807, 2.05) is 0 Å². The number of fused-ring (bicyclic) bond motifs is 1. The zero-order valence-electron chi connectivity index (χ0n) is 13.4. The summed E-state index contributed by atoms with van der Waals surface area (Å²) in [5.41, 5.74) is 0.765. The van der Waals surface area contributed by atoms with Crippen molar-refractivity contribution in [1.82, 2.24) is 19.9 Å². The van der Waals surface area contributed by atoms with E-state index in [4.69, 9.17) is 0 Å². The topological polar surface area (TPSA) is 143 Å². The van der Waals surface area contributed by atoms with E-state index in [1.165, 1.54) is 34.8 Å². The van der Waals surface area contributed by atoms with E-state index in [-0.39, 0.29) is 11.4 Å². The molecule has 1 amide bonds. The standard InChI is InChI=1S/C16H15N5O5/c22-9-13(15(23)10-2-4-11(5-3-10)21(25)26)18-16(24)12-8-14-17-6-1-7-20(14)19-12/h1-8,13,15,22-23H,9H2,(H,18,24). The number of non-ortho nitro benzene ring substituents is 1. The summed E-state index contributed by atoms with van der Waals surface area (Å²) in [6, 6.07) is 7.34. The van der Waals surface area contributed by atoms with Crippen molar-refractivity contribution in [3.63, 3.8) is 0 Å². The van der Waals surface area contributed by atoms with Gasteiger partial charge >= 0.3 is 0 Å². The molecule has 3 aromatic rings. The third-order valence-electron chi connectivity index (χ3n) is 3.81. The van der Waals surface area contributed by atoms with Crippen LogP contribution in [-0.2, 0) is 0 Å². The van der Waals surface area contributed by atoms with Gasteiger partial charge in [-0.1, -0.05) is 0 Å². The second-order valence-electron chi connectivity index (χ2n) is 5.51. The van der Waals surface area contributed by atoms with E-state index in [1.54, 1.807) is 18.5 Å². The molecule has 26 heavy (non-hydrogen) atoms. The summed E-state index contributed by atoms with van der Waals surface area (Å²) < 4.78 is 1.43. The highest BCUT2D eigenvalue weighted by Gasteiger charge is 2.24. The average molecular weight is 357 g/mol. The van der Waals surface area contributed by atoms with Crippen LogP contribution in [0.5, 0.6) is 0 Å². The van der Waals surface area contributed by atoms with Crippen LogP contribution >= 0.6 is 0 Å². The fourth-order valence-corrected chi connectivity index (χ4v) is 2.43. The van der Waals surface area contributed by atoms with E-state index in [0.29, 0.717) is 11.2 Å². The van der Waals surface area contributed by atoms with Crippen LogP contribution in [0.25, 0.3) is 5.65 Å². The lowest BCUT2D eigenvalue weighted by Crippen LogP contribution is -2.42. The molecule has 0 radical (unpaired) electrons. The number of nitrogens with one attached hydrogen (secondary N) is 1. The largest absolute Gasteiger partial charge is 0.394 e. The van der Waals surface area contributed by atoms with Crippen molar-refractivity contribution in [2.75, 3.05) is 6.61 Å². The Balaban J connectivity index is 1.75. The van der Waals surface area contributed by atoms with Crippen molar-refractivity contribution in [2.45, 2.75) is 12.1 Å². The van der Waals surface area contributed by atoms with Gasteiger partial charge in [0.2, 0.25) is 0 Å². The number of hydrogen-bond acceptors (Lipinski definition) is 7. The minimum Gasteiger partial charge on any atom is -0.394 e. The molecule has 0 fully saturated rings. The van der Waals surface area contributed by atoms with Crippen LogP contribution in [-0.4, -0.2) is 48.3 Å². The van der Waals surface area contributed by atoms with Crippen molar-refractivity contribution in [2.24, 2.45) is 0 Å². The van der Waals surface area contributed by atoms with E-state index in [2.05, 4.69) is 15.4 Å². The molecule has 0 aliphatic carbocycles. The molecule has 2 aromatic heterocycles. The highest BCUT2D eigenvalue weighted by Crippen LogP contribution is 2.20. The maximum atomic E-state index is 12.3. The maximum Gasteiger partial charge on any atom is 0.272 e. The van der Waals surface area contributed by atoms with Crippen LogP contribution in [0.1, 0.15) is 22.2 Å². The van der Waals surface area contributed by atoms with Gasteiger partial charge in [0.15, 0.2) is 11.3 Å². The van der Waals surface area contributed by atoms with Gasteiger partial charge in [0.25, 0.3) is 11.6 Å². The fraction of sp³-hybridized carbons (Fsp3) is 0.188. The number of nitro benzene ring substituents is 1. The monoisotopic (exact) mass is 357 g/mol. The third kappa shape index (κ3) is 3.50. The Morgan fingerprint density at radius 3 is 2.69 bits per heavy atom. The summed E-state index contributed by atoms with van der Waals surface area (Å²) in [5.74, 6) is -0.587. The smallest absolute Gasteiger partial charge is 0.272 e. The number of aliphatic hydroxyl groups is 2. The van der Waals surface area contributed by atoms with Crippen LogP contribution in [0.4, 0.5) is 5.69 Å². The summed E-state index contributed by atoms with van der Waals surface area (Å²) in [6.07, 6.45) is 1.95. The summed E-state index contributed by atoms with van der Waals surface area (Å²) in [4.78, 5) is 26.5. The molecule has 0 aliphatic rings. The first-order valence-electron chi connectivity index (χ1n) is 7.64. The van der Waals surface area contributed by atoms with E-state index < -0.39 is 29.6 Å². The van der Waals surface area contributed by atoms with Gasteiger partial charge < -0.3 is 15.5 Å². The van der Waals surface area contributed by atoms with E-state index >= 15 is 0 Å². The number of aromatic nitrogens is 3. The molecule has 1 aromatic carbocycles. The SMILES string of the molecule is O=C(NC(CO)C(O)c1ccc([N+](=O)[O-])cc1)c1cc2ncccn2n1. The zero-order valence-corrected chi connectivity index (χ0v) is 13.4. The summed E-state index contributed by atoms with van der Waals surface area (Å²) in [5, 5.41) is 37.1. The summed E-state index contributed by atoms with van der Waals surface area (Å²) in [6.45, 7) is -0.532. The number of aliphatic hydroxyl groups excluding tert-OH is 2. The quantitative estimate of drug-likeness (QED) is 0.429. The van der Waals surface area contributed by atoms with Crippen LogP contribution < -0.4 is 5.32 Å². The molecule has 3 N–H and O–H groups in total. The van der Waals surface area contributed by atoms with Gasteiger partial charge in [0, 0.05) is 30.6 Å². The Morgan fingerprint density at radius 1 is 1.35 bits per heavy atom. The molecule has 0 aliphatic heterocycles. The fourth-order valence-electron chi connectivity index (χ4n) is 2.43. The molecule has 2 unspecified atom stereocenters. The molecule has 3 rings (SSSR count). The van der Waals surface area contributed by atoms with Crippen LogP contribution in [0.2, 0.25) is 0 Å². The lowest BCUT2D eigenvalue weighted by Gasteiger charge is -2.22. The molecule has 10 nitrogen and oxygen atoms in total. The Kier molecular flexibility index (Phi) is 4.87. The first-order valence-corrected chi connectivity index (χ1v) is 7.64.